The third-order valence-electron chi connectivity index (χ3n) is 5.86. The number of unbranched alkanes of at least 4 members (excludes halogenated alkanes) is 3. The third kappa shape index (κ3) is 8.23. The van der Waals surface area contributed by atoms with Gasteiger partial charge in [0.1, 0.15) is 12.4 Å². The summed E-state index contributed by atoms with van der Waals surface area (Å²) in [4.78, 5) is 10.5. The smallest absolute Gasteiger partial charge is 0.303 e. The van der Waals surface area contributed by atoms with Crippen LogP contribution in [0.3, 0.4) is 0 Å². The van der Waals surface area contributed by atoms with E-state index in [0.717, 1.165) is 25.7 Å². The standard InChI is InChI=1S/C22H32Cl2O6/c23-14-7-10-21(18(24)11-14)30-13-15(25)8-9-17-16(19(26)12-20(17)27)5-3-1-2-4-6-22(28)29/h7,10-11,15-17,19-20,25-27H,1-6,8-9,12-13H2,(H,28,29)/t15?,16?,17-,19?,20?/m1/s1. The van der Waals surface area contributed by atoms with Crippen molar-refractivity contribution < 1.29 is 30.0 Å². The van der Waals surface area contributed by atoms with Gasteiger partial charge in [-0.05, 0) is 62.1 Å². The molecule has 8 heteroatoms. The molecule has 1 aromatic carbocycles. The second kappa shape index (κ2) is 12.7. The van der Waals surface area contributed by atoms with Gasteiger partial charge in [-0.2, -0.15) is 0 Å². The molecule has 4 unspecified atom stereocenters. The third-order valence-corrected chi connectivity index (χ3v) is 6.39. The summed E-state index contributed by atoms with van der Waals surface area (Å²) in [6.07, 6.45) is 3.90. The summed E-state index contributed by atoms with van der Waals surface area (Å²) in [6, 6.07) is 4.89. The van der Waals surface area contributed by atoms with Gasteiger partial charge in [-0.1, -0.05) is 42.5 Å². The van der Waals surface area contributed by atoms with Crippen molar-refractivity contribution >= 4 is 29.2 Å². The first kappa shape index (κ1) is 25.2. The lowest BCUT2D eigenvalue weighted by Crippen LogP contribution is -2.25. The Hall–Kier alpha value is -1.05. The SMILES string of the molecule is O=C(O)CCCCCCC1C(O)CC(O)[C@@H]1CCC(O)COc1ccc(Cl)cc1Cl. The van der Waals surface area contributed by atoms with Gasteiger partial charge in [-0.15, -0.1) is 0 Å². The Balaban J connectivity index is 1.73. The maximum Gasteiger partial charge on any atom is 0.303 e. The van der Waals surface area contributed by atoms with E-state index in [0.29, 0.717) is 41.5 Å². The highest BCUT2D eigenvalue weighted by Gasteiger charge is 2.40. The maximum absolute atomic E-state index is 10.5. The molecule has 1 fully saturated rings. The molecule has 0 spiro atoms. The second-order valence-corrected chi connectivity index (χ2v) is 9.01. The van der Waals surface area contributed by atoms with Crippen LogP contribution in [-0.4, -0.2) is 51.3 Å². The lowest BCUT2D eigenvalue weighted by atomic mass is 9.85. The highest BCUT2D eigenvalue weighted by atomic mass is 35.5. The summed E-state index contributed by atoms with van der Waals surface area (Å²) < 4.78 is 5.57. The van der Waals surface area contributed by atoms with Crippen molar-refractivity contribution in [3.63, 3.8) is 0 Å². The van der Waals surface area contributed by atoms with Crippen molar-refractivity contribution in [1.82, 2.24) is 0 Å². The van der Waals surface area contributed by atoms with Gasteiger partial charge >= 0.3 is 5.97 Å². The first-order valence-corrected chi connectivity index (χ1v) is 11.4. The predicted octanol–water partition coefficient (Wildman–Crippen LogP) is 4.30. The van der Waals surface area contributed by atoms with Gasteiger partial charge in [0.05, 0.1) is 23.3 Å². The monoisotopic (exact) mass is 462 g/mol. The molecule has 0 radical (unpaired) electrons. The summed E-state index contributed by atoms with van der Waals surface area (Å²) >= 11 is 11.9. The van der Waals surface area contributed by atoms with Gasteiger partial charge in [0.15, 0.2) is 0 Å². The van der Waals surface area contributed by atoms with Gasteiger partial charge in [0.2, 0.25) is 0 Å². The number of aliphatic carboxylic acids is 1. The Kier molecular flexibility index (Phi) is 10.7. The zero-order valence-corrected chi connectivity index (χ0v) is 18.6. The summed E-state index contributed by atoms with van der Waals surface area (Å²) in [5.41, 5.74) is 0. The van der Waals surface area contributed by atoms with E-state index in [1.807, 2.05) is 0 Å². The number of ether oxygens (including phenoxy) is 1. The number of aliphatic hydroxyl groups excluding tert-OH is 3. The Bertz CT molecular complexity index is 671. The van der Waals surface area contributed by atoms with Gasteiger partial charge in [-0.25, -0.2) is 0 Å². The van der Waals surface area contributed by atoms with E-state index < -0.39 is 24.3 Å². The van der Waals surface area contributed by atoms with Gasteiger partial charge < -0.3 is 25.2 Å². The number of carboxylic acid groups (broad SMARTS) is 1. The van der Waals surface area contributed by atoms with E-state index in [1.54, 1.807) is 18.2 Å². The van der Waals surface area contributed by atoms with E-state index in [1.165, 1.54) is 0 Å². The van der Waals surface area contributed by atoms with Crippen LogP contribution in [0, 0.1) is 11.8 Å². The second-order valence-electron chi connectivity index (χ2n) is 8.16. The van der Waals surface area contributed by atoms with Crippen LogP contribution < -0.4 is 4.74 Å². The van der Waals surface area contributed by atoms with Crippen molar-refractivity contribution in [2.75, 3.05) is 6.61 Å². The number of benzene rings is 1. The average Bonchev–Trinajstić information content (AvgIpc) is 2.94. The van der Waals surface area contributed by atoms with E-state index in [9.17, 15) is 20.1 Å². The van der Waals surface area contributed by atoms with Gasteiger partial charge in [-0.3, -0.25) is 4.79 Å². The van der Waals surface area contributed by atoms with E-state index >= 15 is 0 Å². The molecule has 4 N–H and O–H groups in total. The highest BCUT2D eigenvalue weighted by molar-refractivity contribution is 6.35. The lowest BCUT2D eigenvalue weighted by molar-refractivity contribution is -0.137. The van der Waals surface area contributed by atoms with Crippen molar-refractivity contribution in [1.29, 1.82) is 0 Å². The van der Waals surface area contributed by atoms with Crippen LogP contribution in [-0.2, 0) is 4.79 Å². The molecular weight excluding hydrogens is 431 g/mol. The van der Waals surface area contributed by atoms with E-state index in [-0.39, 0.29) is 24.9 Å². The van der Waals surface area contributed by atoms with Gasteiger partial charge in [0.25, 0.3) is 0 Å². The number of hydrogen-bond acceptors (Lipinski definition) is 5. The van der Waals surface area contributed by atoms with Crippen molar-refractivity contribution in [3.05, 3.63) is 28.2 Å². The molecule has 1 aliphatic rings. The van der Waals surface area contributed by atoms with Crippen LogP contribution in [0.4, 0.5) is 0 Å². The number of halogens is 2. The molecule has 0 amide bonds. The molecule has 30 heavy (non-hydrogen) atoms. The van der Waals surface area contributed by atoms with Crippen LogP contribution in [0.15, 0.2) is 18.2 Å². The normalized spacial score (nSPS) is 24.7. The summed E-state index contributed by atoms with van der Waals surface area (Å²) in [5.74, 6) is -0.381. The molecule has 0 saturated heterocycles. The minimum absolute atomic E-state index is 0.00157. The van der Waals surface area contributed by atoms with E-state index in [2.05, 4.69) is 0 Å². The molecule has 0 aromatic heterocycles. The fraction of sp³-hybridized carbons (Fsp3) is 0.682. The zero-order chi connectivity index (χ0) is 22.1. The number of hydrogen-bond donors (Lipinski definition) is 4. The summed E-state index contributed by atoms with van der Waals surface area (Å²) in [5, 5.41) is 40.5. The average molecular weight is 463 g/mol. The van der Waals surface area contributed by atoms with Crippen molar-refractivity contribution in [2.24, 2.45) is 11.8 Å². The lowest BCUT2D eigenvalue weighted by Gasteiger charge is -2.24. The molecule has 0 heterocycles. The van der Waals surface area contributed by atoms with Crippen molar-refractivity contribution in [3.8, 4) is 5.75 Å². The van der Waals surface area contributed by atoms with Crippen LogP contribution in [0.1, 0.15) is 57.8 Å². The maximum atomic E-state index is 10.5. The summed E-state index contributed by atoms with van der Waals surface area (Å²) in [7, 11) is 0. The molecule has 1 aromatic rings. The van der Waals surface area contributed by atoms with Crippen molar-refractivity contribution in [2.45, 2.75) is 76.1 Å². The molecular formula is C22H32Cl2O6. The van der Waals surface area contributed by atoms with Crippen LogP contribution in [0.2, 0.25) is 10.0 Å². The topological polar surface area (TPSA) is 107 Å². The number of carbonyl (C=O) groups is 1. The fourth-order valence-corrected chi connectivity index (χ4v) is 4.70. The molecule has 1 aliphatic carbocycles. The highest BCUT2D eigenvalue weighted by Crippen LogP contribution is 2.39. The fourth-order valence-electron chi connectivity index (χ4n) is 4.24. The Morgan fingerprint density at radius 2 is 1.73 bits per heavy atom. The quantitative estimate of drug-likeness (QED) is 0.325. The molecule has 6 nitrogen and oxygen atoms in total. The van der Waals surface area contributed by atoms with Crippen LogP contribution >= 0.6 is 23.2 Å². The predicted molar refractivity (Wildman–Crippen MR) is 116 cm³/mol. The summed E-state index contributed by atoms with van der Waals surface area (Å²) in [6.45, 7) is 0.0843. The molecule has 0 aliphatic heterocycles. The largest absolute Gasteiger partial charge is 0.489 e. The molecule has 170 valence electrons. The minimum Gasteiger partial charge on any atom is -0.489 e. The van der Waals surface area contributed by atoms with E-state index in [4.69, 9.17) is 33.0 Å². The minimum atomic E-state index is -0.773. The number of rotatable bonds is 13. The molecule has 1 saturated carbocycles. The van der Waals surface area contributed by atoms with Crippen LogP contribution in [0.25, 0.3) is 0 Å². The number of carboxylic acids is 1. The molecule has 5 atom stereocenters. The number of aliphatic hydroxyl groups is 3. The van der Waals surface area contributed by atoms with Gasteiger partial charge in [0, 0.05) is 11.4 Å². The van der Waals surface area contributed by atoms with Crippen LogP contribution in [0.5, 0.6) is 5.75 Å². The first-order chi connectivity index (χ1) is 14.3. The Morgan fingerprint density at radius 1 is 1.07 bits per heavy atom. The first-order valence-electron chi connectivity index (χ1n) is 10.6. The molecule has 0 bridgehead atoms. The molecule has 2 rings (SSSR count). The Labute approximate surface area is 187 Å². The zero-order valence-electron chi connectivity index (χ0n) is 17.1. The Morgan fingerprint density at radius 3 is 2.40 bits per heavy atom.